The molecule has 0 fully saturated rings. The highest BCUT2D eigenvalue weighted by atomic mass is 16.5. The first-order valence-electron chi connectivity index (χ1n) is 6.17. The van der Waals surface area contributed by atoms with E-state index in [4.69, 9.17) is 9.15 Å². The van der Waals surface area contributed by atoms with Crippen molar-refractivity contribution >= 4 is 0 Å². The molecule has 0 saturated carbocycles. The van der Waals surface area contributed by atoms with Gasteiger partial charge in [-0.3, -0.25) is 0 Å². The fraction of sp³-hybridized carbons (Fsp3) is 0.133. The molecule has 0 aliphatic carbocycles. The van der Waals surface area contributed by atoms with Crippen molar-refractivity contribution < 1.29 is 9.15 Å². The number of methoxy groups -OCH3 is 1. The van der Waals surface area contributed by atoms with Crippen LogP contribution in [0, 0.1) is 6.92 Å². The van der Waals surface area contributed by atoms with Crippen LogP contribution in [0.1, 0.15) is 5.89 Å². The van der Waals surface area contributed by atoms with Gasteiger partial charge in [-0.1, -0.05) is 12.1 Å². The van der Waals surface area contributed by atoms with Crippen molar-refractivity contribution in [2.75, 3.05) is 7.11 Å². The van der Waals surface area contributed by atoms with Gasteiger partial charge in [0.1, 0.15) is 0 Å². The lowest BCUT2D eigenvalue weighted by Crippen LogP contribution is -1.87. The van der Waals surface area contributed by atoms with Crippen LogP contribution in [0.5, 0.6) is 5.88 Å². The van der Waals surface area contributed by atoms with Gasteiger partial charge in [0.05, 0.1) is 7.11 Å². The molecule has 2 heterocycles. The normalized spacial score (nSPS) is 10.5. The third-order valence-electron chi connectivity index (χ3n) is 2.91. The molecule has 0 unspecified atom stereocenters. The molecule has 0 saturated heterocycles. The molecule has 0 bridgehead atoms. The van der Waals surface area contributed by atoms with E-state index in [2.05, 4.69) is 15.2 Å². The first-order valence-corrected chi connectivity index (χ1v) is 6.17. The summed E-state index contributed by atoms with van der Waals surface area (Å²) in [6, 6.07) is 11.7. The zero-order valence-electron chi connectivity index (χ0n) is 11.2. The number of benzene rings is 1. The van der Waals surface area contributed by atoms with Crippen molar-refractivity contribution in [3.05, 3.63) is 48.5 Å². The standard InChI is InChI=1S/C15H13N3O2/c1-10-17-18-15(20-10)12-5-3-4-11(8-12)13-6-7-14(19-2)16-9-13/h3-9H,1-2H3. The summed E-state index contributed by atoms with van der Waals surface area (Å²) in [6.45, 7) is 1.77. The molecule has 0 atom stereocenters. The summed E-state index contributed by atoms with van der Waals surface area (Å²) in [7, 11) is 1.60. The molecule has 0 spiro atoms. The highest BCUT2D eigenvalue weighted by Gasteiger charge is 2.07. The summed E-state index contributed by atoms with van der Waals surface area (Å²) < 4.78 is 10.5. The summed E-state index contributed by atoms with van der Waals surface area (Å²) in [6.07, 6.45) is 1.77. The van der Waals surface area contributed by atoms with Gasteiger partial charge in [0.15, 0.2) is 0 Å². The Morgan fingerprint density at radius 1 is 1.00 bits per heavy atom. The molecule has 3 rings (SSSR count). The highest BCUT2D eigenvalue weighted by molar-refractivity contribution is 5.69. The minimum Gasteiger partial charge on any atom is -0.481 e. The maximum absolute atomic E-state index is 5.44. The Morgan fingerprint density at radius 3 is 2.50 bits per heavy atom. The van der Waals surface area contributed by atoms with Gasteiger partial charge in [-0.05, 0) is 23.8 Å². The topological polar surface area (TPSA) is 61.0 Å². The van der Waals surface area contributed by atoms with Crippen molar-refractivity contribution in [3.63, 3.8) is 0 Å². The van der Waals surface area contributed by atoms with E-state index in [-0.39, 0.29) is 0 Å². The molecule has 100 valence electrons. The van der Waals surface area contributed by atoms with Crippen molar-refractivity contribution in [2.45, 2.75) is 6.92 Å². The Labute approximate surface area is 116 Å². The molecular formula is C15H13N3O2. The van der Waals surface area contributed by atoms with Crippen LogP contribution >= 0.6 is 0 Å². The van der Waals surface area contributed by atoms with Crippen LogP contribution < -0.4 is 4.74 Å². The quantitative estimate of drug-likeness (QED) is 0.729. The lowest BCUT2D eigenvalue weighted by molar-refractivity contribution is 0.398. The number of aromatic nitrogens is 3. The lowest BCUT2D eigenvalue weighted by Gasteiger charge is -2.04. The average molecular weight is 267 g/mol. The van der Waals surface area contributed by atoms with E-state index < -0.39 is 0 Å². The molecule has 1 aromatic carbocycles. The highest BCUT2D eigenvalue weighted by Crippen LogP contribution is 2.25. The number of aryl methyl sites for hydroxylation is 1. The van der Waals surface area contributed by atoms with E-state index in [0.29, 0.717) is 17.7 Å². The van der Waals surface area contributed by atoms with Crippen LogP contribution in [-0.2, 0) is 0 Å². The minimum atomic E-state index is 0.519. The smallest absolute Gasteiger partial charge is 0.247 e. The minimum absolute atomic E-state index is 0.519. The van der Waals surface area contributed by atoms with Crippen molar-refractivity contribution in [1.82, 2.24) is 15.2 Å². The number of hydrogen-bond donors (Lipinski definition) is 0. The second-order valence-corrected chi connectivity index (χ2v) is 4.30. The Hall–Kier alpha value is -2.69. The summed E-state index contributed by atoms with van der Waals surface area (Å²) >= 11 is 0. The van der Waals surface area contributed by atoms with E-state index in [0.717, 1.165) is 16.7 Å². The fourth-order valence-corrected chi connectivity index (χ4v) is 1.92. The van der Waals surface area contributed by atoms with Crippen LogP contribution in [0.25, 0.3) is 22.6 Å². The summed E-state index contributed by atoms with van der Waals surface area (Å²) in [5.74, 6) is 1.67. The molecule has 0 aliphatic rings. The molecule has 0 aliphatic heterocycles. The van der Waals surface area contributed by atoms with E-state index in [1.165, 1.54) is 0 Å². The second-order valence-electron chi connectivity index (χ2n) is 4.30. The van der Waals surface area contributed by atoms with Crippen LogP contribution in [-0.4, -0.2) is 22.3 Å². The van der Waals surface area contributed by atoms with Gasteiger partial charge in [0.2, 0.25) is 17.7 Å². The molecule has 0 N–H and O–H groups in total. The van der Waals surface area contributed by atoms with Crippen molar-refractivity contribution in [1.29, 1.82) is 0 Å². The third-order valence-corrected chi connectivity index (χ3v) is 2.91. The van der Waals surface area contributed by atoms with Gasteiger partial charge < -0.3 is 9.15 Å². The summed E-state index contributed by atoms with van der Waals surface area (Å²) in [5.41, 5.74) is 2.93. The molecular weight excluding hydrogens is 254 g/mol. The van der Waals surface area contributed by atoms with Gasteiger partial charge in [-0.15, -0.1) is 10.2 Å². The predicted molar refractivity (Wildman–Crippen MR) is 74.3 cm³/mol. The lowest BCUT2D eigenvalue weighted by atomic mass is 10.0. The first kappa shape index (κ1) is 12.3. The SMILES string of the molecule is COc1ccc(-c2cccc(-c3nnc(C)o3)c2)cn1. The van der Waals surface area contributed by atoms with E-state index in [1.54, 1.807) is 20.2 Å². The van der Waals surface area contributed by atoms with Crippen LogP contribution in [0.2, 0.25) is 0 Å². The van der Waals surface area contributed by atoms with E-state index in [1.807, 2.05) is 36.4 Å². The van der Waals surface area contributed by atoms with E-state index in [9.17, 15) is 0 Å². The summed E-state index contributed by atoms with van der Waals surface area (Å²) in [5, 5.41) is 7.87. The zero-order chi connectivity index (χ0) is 13.9. The monoisotopic (exact) mass is 267 g/mol. The van der Waals surface area contributed by atoms with Crippen LogP contribution in [0.15, 0.2) is 47.0 Å². The first-order chi connectivity index (χ1) is 9.76. The molecule has 0 amide bonds. The molecule has 5 heteroatoms. The number of ether oxygens (including phenoxy) is 1. The van der Waals surface area contributed by atoms with Gasteiger partial charge in [0, 0.05) is 30.3 Å². The predicted octanol–water partition coefficient (Wildman–Crippen LogP) is 3.12. The number of rotatable bonds is 3. The third kappa shape index (κ3) is 2.38. The number of pyridine rings is 1. The Morgan fingerprint density at radius 2 is 1.85 bits per heavy atom. The van der Waals surface area contributed by atoms with Crippen molar-refractivity contribution in [2.24, 2.45) is 0 Å². The molecule has 5 nitrogen and oxygen atoms in total. The molecule has 0 radical (unpaired) electrons. The Bertz CT molecular complexity index is 720. The maximum atomic E-state index is 5.44. The number of nitrogens with zero attached hydrogens (tertiary/aromatic N) is 3. The number of hydrogen-bond acceptors (Lipinski definition) is 5. The zero-order valence-corrected chi connectivity index (χ0v) is 11.2. The fourth-order valence-electron chi connectivity index (χ4n) is 1.92. The Kier molecular flexibility index (Phi) is 3.16. The van der Waals surface area contributed by atoms with Crippen molar-refractivity contribution in [3.8, 4) is 28.5 Å². The van der Waals surface area contributed by atoms with Gasteiger partial charge in [-0.2, -0.15) is 0 Å². The Balaban J connectivity index is 1.98. The largest absolute Gasteiger partial charge is 0.481 e. The molecule has 3 aromatic rings. The van der Waals surface area contributed by atoms with Crippen LogP contribution in [0.3, 0.4) is 0 Å². The van der Waals surface area contributed by atoms with Crippen LogP contribution in [0.4, 0.5) is 0 Å². The average Bonchev–Trinajstić information content (AvgIpc) is 2.94. The maximum Gasteiger partial charge on any atom is 0.247 e. The molecule has 2 aromatic heterocycles. The van der Waals surface area contributed by atoms with Gasteiger partial charge >= 0.3 is 0 Å². The van der Waals surface area contributed by atoms with E-state index >= 15 is 0 Å². The molecule has 20 heavy (non-hydrogen) atoms. The van der Waals surface area contributed by atoms with Gasteiger partial charge in [-0.25, -0.2) is 4.98 Å². The van der Waals surface area contributed by atoms with Gasteiger partial charge in [0.25, 0.3) is 0 Å². The summed E-state index contributed by atoms with van der Waals surface area (Å²) in [4.78, 5) is 4.21. The second kappa shape index (κ2) is 5.13.